The summed E-state index contributed by atoms with van der Waals surface area (Å²) in [5.74, 6) is -0.628. The number of amides is 2. The molecule has 0 bridgehead atoms. The molecule has 1 N–H and O–H groups in total. The molecule has 2 aromatic rings. The lowest BCUT2D eigenvalue weighted by Crippen LogP contribution is -2.33. The van der Waals surface area contributed by atoms with E-state index in [2.05, 4.69) is 10.3 Å². The molecule has 0 saturated carbocycles. The molecule has 1 atom stereocenters. The number of nitrogens with zero attached hydrogens (tertiary/aromatic N) is 2. The first-order valence-electron chi connectivity index (χ1n) is 8.58. The van der Waals surface area contributed by atoms with Crippen molar-refractivity contribution in [1.82, 2.24) is 0 Å². The molecule has 1 aliphatic rings. The molecule has 0 spiro atoms. The van der Waals surface area contributed by atoms with Crippen LogP contribution in [0.2, 0.25) is 5.02 Å². The highest BCUT2D eigenvalue weighted by Crippen LogP contribution is 2.31. The SMILES string of the molecule is CC(=O)c1ccccc1NC(=O)[C@H](C)SC1=NCC(=O)N1c1ccccc1Cl. The Kier molecular flexibility index (Phi) is 6.16. The first kappa shape index (κ1) is 20.1. The summed E-state index contributed by atoms with van der Waals surface area (Å²) >= 11 is 7.38. The molecule has 144 valence electrons. The van der Waals surface area contributed by atoms with Crippen LogP contribution in [0.4, 0.5) is 11.4 Å². The number of amidine groups is 1. The van der Waals surface area contributed by atoms with Gasteiger partial charge in [0.05, 0.1) is 21.6 Å². The van der Waals surface area contributed by atoms with Crippen LogP contribution in [0.15, 0.2) is 53.5 Å². The van der Waals surface area contributed by atoms with Crippen LogP contribution < -0.4 is 10.2 Å². The van der Waals surface area contributed by atoms with E-state index in [-0.39, 0.29) is 24.1 Å². The average molecular weight is 416 g/mol. The molecule has 0 unspecified atom stereocenters. The number of para-hydroxylation sites is 2. The summed E-state index contributed by atoms with van der Waals surface area (Å²) in [5.41, 5.74) is 1.44. The predicted octanol–water partition coefficient (Wildman–Crippen LogP) is 4.01. The summed E-state index contributed by atoms with van der Waals surface area (Å²) in [6.45, 7) is 3.17. The van der Waals surface area contributed by atoms with Gasteiger partial charge in [-0.1, -0.05) is 47.6 Å². The number of carbonyl (C=O) groups excluding carboxylic acids is 3. The summed E-state index contributed by atoms with van der Waals surface area (Å²) in [6, 6.07) is 13.8. The summed E-state index contributed by atoms with van der Waals surface area (Å²) in [6.07, 6.45) is 0. The van der Waals surface area contributed by atoms with E-state index in [0.717, 1.165) is 11.8 Å². The molecule has 1 aliphatic heterocycles. The molecule has 2 amide bonds. The zero-order valence-corrected chi connectivity index (χ0v) is 16.9. The van der Waals surface area contributed by atoms with Gasteiger partial charge in [0.15, 0.2) is 11.0 Å². The lowest BCUT2D eigenvalue weighted by Gasteiger charge is -2.21. The third kappa shape index (κ3) is 4.26. The van der Waals surface area contributed by atoms with Crippen molar-refractivity contribution < 1.29 is 14.4 Å². The number of nitrogens with one attached hydrogen (secondary N) is 1. The quantitative estimate of drug-likeness (QED) is 0.748. The average Bonchev–Trinajstić information content (AvgIpc) is 3.02. The topological polar surface area (TPSA) is 78.8 Å². The number of ketones is 1. The Bertz CT molecular complexity index is 977. The van der Waals surface area contributed by atoms with Crippen LogP contribution in [-0.2, 0) is 9.59 Å². The molecule has 3 rings (SSSR count). The first-order chi connectivity index (χ1) is 13.4. The predicted molar refractivity (Wildman–Crippen MR) is 113 cm³/mol. The number of carbonyl (C=O) groups is 3. The number of Topliss-reactive ketones (excluding diaryl/α,β-unsaturated/α-hetero) is 1. The number of thioether (sulfide) groups is 1. The number of hydrogen-bond donors (Lipinski definition) is 1. The highest BCUT2D eigenvalue weighted by Gasteiger charge is 2.31. The molecule has 0 radical (unpaired) electrons. The minimum Gasteiger partial charge on any atom is -0.324 e. The van der Waals surface area contributed by atoms with Crippen molar-refractivity contribution in [2.75, 3.05) is 16.8 Å². The number of benzene rings is 2. The van der Waals surface area contributed by atoms with Crippen LogP contribution in [-0.4, -0.2) is 34.6 Å². The molecule has 1 heterocycles. The van der Waals surface area contributed by atoms with E-state index in [1.165, 1.54) is 11.8 Å². The molecule has 0 fully saturated rings. The minimum absolute atomic E-state index is 0.00899. The minimum atomic E-state index is -0.547. The third-order valence-electron chi connectivity index (χ3n) is 4.10. The highest BCUT2D eigenvalue weighted by molar-refractivity contribution is 8.15. The van der Waals surface area contributed by atoms with E-state index in [9.17, 15) is 14.4 Å². The zero-order chi connectivity index (χ0) is 20.3. The Morgan fingerprint density at radius 2 is 1.86 bits per heavy atom. The number of anilines is 2. The zero-order valence-electron chi connectivity index (χ0n) is 15.3. The smallest absolute Gasteiger partial charge is 0.254 e. The molecule has 2 aromatic carbocycles. The maximum absolute atomic E-state index is 12.6. The fourth-order valence-corrected chi connectivity index (χ4v) is 3.84. The number of hydrogen-bond acceptors (Lipinski definition) is 5. The molecular formula is C20H18ClN3O3S. The number of aliphatic imine (C=N–C) groups is 1. The van der Waals surface area contributed by atoms with E-state index >= 15 is 0 Å². The van der Waals surface area contributed by atoms with Crippen molar-refractivity contribution in [1.29, 1.82) is 0 Å². The molecule has 0 saturated heterocycles. The van der Waals surface area contributed by atoms with Crippen LogP contribution in [0.1, 0.15) is 24.2 Å². The van der Waals surface area contributed by atoms with Gasteiger partial charge in [0.1, 0.15) is 6.54 Å². The molecule has 8 heteroatoms. The van der Waals surface area contributed by atoms with Crippen molar-refractivity contribution >= 4 is 57.5 Å². The first-order valence-corrected chi connectivity index (χ1v) is 9.83. The summed E-state index contributed by atoms with van der Waals surface area (Å²) in [7, 11) is 0. The largest absolute Gasteiger partial charge is 0.324 e. The van der Waals surface area contributed by atoms with E-state index in [1.54, 1.807) is 55.5 Å². The fourth-order valence-electron chi connectivity index (χ4n) is 2.69. The molecular weight excluding hydrogens is 398 g/mol. The van der Waals surface area contributed by atoms with Crippen LogP contribution in [0, 0.1) is 0 Å². The van der Waals surface area contributed by atoms with E-state index in [1.807, 2.05) is 0 Å². The second kappa shape index (κ2) is 8.58. The Hall–Kier alpha value is -2.64. The van der Waals surface area contributed by atoms with Gasteiger partial charge in [0.2, 0.25) is 5.91 Å². The molecule has 0 aliphatic carbocycles. The van der Waals surface area contributed by atoms with Gasteiger partial charge in [-0.25, -0.2) is 0 Å². The van der Waals surface area contributed by atoms with Crippen molar-refractivity contribution in [2.45, 2.75) is 19.1 Å². The summed E-state index contributed by atoms with van der Waals surface area (Å²) < 4.78 is 0. The van der Waals surface area contributed by atoms with Gasteiger partial charge < -0.3 is 5.32 Å². The van der Waals surface area contributed by atoms with Gasteiger partial charge in [-0.2, -0.15) is 0 Å². The molecule has 0 aromatic heterocycles. The Labute approximate surface area is 172 Å². The van der Waals surface area contributed by atoms with Crippen molar-refractivity contribution in [2.24, 2.45) is 4.99 Å². The van der Waals surface area contributed by atoms with Gasteiger partial charge >= 0.3 is 0 Å². The van der Waals surface area contributed by atoms with E-state index < -0.39 is 5.25 Å². The Morgan fingerprint density at radius 3 is 2.57 bits per heavy atom. The summed E-state index contributed by atoms with van der Waals surface area (Å²) in [4.78, 5) is 42.4. The Balaban J connectivity index is 1.74. The van der Waals surface area contributed by atoms with Gasteiger partial charge in [-0.15, -0.1) is 0 Å². The van der Waals surface area contributed by atoms with Gasteiger partial charge in [-0.3, -0.25) is 24.3 Å². The maximum Gasteiger partial charge on any atom is 0.254 e. The second-order valence-electron chi connectivity index (χ2n) is 6.13. The number of rotatable bonds is 5. The third-order valence-corrected chi connectivity index (χ3v) is 5.51. The van der Waals surface area contributed by atoms with E-state index in [4.69, 9.17) is 11.6 Å². The Morgan fingerprint density at radius 1 is 1.18 bits per heavy atom. The summed E-state index contributed by atoms with van der Waals surface area (Å²) in [5, 5.41) is 3.08. The van der Waals surface area contributed by atoms with Gasteiger partial charge in [0, 0.05) is 5.56 Å². The number of halogens is 1. The van der Waals surface area contributed by atoms with Gasteiger partial charge in [0.25, 0.3) is 5.91 Å². The monoisotopic (exact) mass is 415 g/mol. The fraction of sp³-hybridized carbons (Fsp3) is 0.200. The second-order valence-corrected chi connectivity index (χ2v) is 7.85. The van der Waals surface area contributed by atoms with Crippen LogP contribution >= 0.6 is 23.4 Å². The maximum atomic E-state index is 12.6. The van der Waals surface area contributed by atoms with Crippen molar-refractivity contribution in [3.05, 3.63) is 59.1 Å². The van der Waals surface area contributed by atoms with Crippen LogP contribution in [0.25, 0.3) is 0 Å². The molecule has 28 heavy (non-hydrogen) atoms. The molecule has 6 nitrogen and oxygen atoms in total. The van der Waals surface area contributed by atoms with Crippen molar-refractivity contribution in [3.8, 4) is 0 Å². The standard InChI is InChI=1S/C20H18ClN3O3S/c1-12(25)14-7-3-5-9-16(14)23-19(27)13(2)28-20-22-11-18(26)24(20)17-10-6-4-8-15(17)21/h3-10,13H,11H2,1-2H3,(H,23,27)/t13-/m0/s1. The van der Waals surface area contributed by atoms with Crippen molar-refractivity contribution in [3.63, 3.8) is 0 Å². The van der Waals surface area contributed by atoms with Crippen LogP contribution in [0.5, 0.6) is 0 Å². The lowest BCUT2D eigenvalue weighted by atomic mass is 10.1. The highest BCUT2D eigenvalue weighted by atomic mass is 35.5. The van der Waals surface area contributed by atoms with Gasteiger partial charge in [-0.05, 0) is 38.1 Å². The lowest BCUT2D eigenvalue weighted by molar-refractivity contribution is -0.116. The van der Waals surface area contributed by atoms with Crippen LogP contribution in [0.3, 0.4) is 0 Å². The van der Waals surface area contributed by atoms with E-state index in [0.29, 0.717) is 27.1 Å². The normalized spacial score (nSPS) is 14.6.